The van der Waals surface area contributed by atoms with Crippen LogP contribution in [-0.2, 0) is 0 Å². The summed E-state index contributed by atoms with van der Waals surface area (Å²) < 4.78 is 0. The summed E-state index contributed by atoms with van der Waals surface area (Å²) in [7, 11) is 0. The first-order valence-corrected chi connectivity index (χ1v) is 7.78. The van der Waals surface area contributed by atoms with Gasteiger partial charge in [0.05, 0.1) is 16.0 Å². The number of anilines is 1. The van der Waals surface area contributed by atoms with E-state index < -0.39 is 4.92 Å². The summed E-state index contributed by atoms with van der Waals surface area (Å²) in [4.78, 5) is 18.0. The highest BCUT2D eigenvalue weighted by Crippen LogP contribution is 2.28. The topological polar surface area (TPSA) is 110 Å². The second-order valence-corrected chi connectivity index (χ2v) is 5.93. The molecule has 1 unspecified atom stereocenters. The van der Waals surface area contributed by atoms with Crippen LogP contribution in [0.2, 0.25) is 0 Å². The maximum absolute atomic E-state index is 10.8. The highest BCUT2D eigenvalue weighted by molar-refractivity contribution is 5.79. The normalized spacial score (nSPS) is 17.5. The zero-order chi connectivity index (χ0) is 15.5. The number of H-pyrrole nitrogens is 1. The van der Waals surface area contributed by atoms with Crippen molar-refractivity contribution in [2.24, 2.45) is 11.7 Å². The van der Waals surface area contributed by atoms with Crippen LogP contribution in [0.3, 0.4) is 0 Å². The molecular formula is C15H21N5O2. The monoisotopic (exact) mass is 303 g/mol. The molecule has 0 bridgehead atoms. The quantitative estimate of drug-likeness (QED) is 0.581. The molecule has 0 spiro atoms. The lowest BCUT2D eigenvalue weighted by Gasteiger charge is -2.29. The fourth-order valence-electron chi connectivity index (χ4n) is 3.26. The smallest absolute Gasteiger partial charge is 0.271 e. The number of non-ortho nitro benzene ring substituents is 1. The fourth-order valence-corrected chi connectivity index (χ4v) is 3.26. The van der Waals surface area contributed by atoms with Gasteiger partial charge in [-0.15, -0.1) is 0 Å². The van der Waals surface area contributed by atoms with Gasteiger partial charge in [0, 0.05) is 24.7 Å². The van der Waals surface area contributed by atoms with Gasteiger partial charge in [-0.2, -0.15) is 0 Å². The van der Waals surface area contributed by atoms with Gasteiger partial charge < -0.3 is 16.0 Å². The van der Waals surface area contributed by atoms with E-state index in [-0.39, 0.29) is 11.7 Å². The zero-order valence-corrected chi connectivity index (χ0v) is 12.4. The molecule has 0 saturated heterocycles. The van der Waals surface area contributed by atoms with Crippen LogP contribution in [0.5, 0.6) is 0 Å². The number of nitrogens with one attached hydrogen (secondary N) is 2. The Morgan fingerprint density at radius 2 is 2.18 bits per heavy atom. The van der Waals surface area contributed by atoms with Crippen molar-refractivity contribution >= 4 is 22.7 Å². The van der Waals surface area contributed by atoms with E-state index in [1.54, 1.807) is 6.07 Å². The lowest BCUT2D eigenvalue weighted by atomic mass is 9.84. The van der Waals surface area contributed by atoms with Crippen LogP contribution in [-0.4, -0.2) is 27.5 Å². The molecule has 4 N–H and O–H groups in total. The Kier molecular flexibility index (Phi) is 4.24. The summed E-state index contributed by atoms with van der Waals surface area (Å²) in [5.41, 5.74) is 7.35. The Balaban J connectivity index is 1.78. The van der Waals surface area contributed by atoms with Gasteiger partial charge in [-0.3, -0.25) is 10.1 Å². The Hall–Kier alpha value is -2.15. The predicted molar refractivity (Wildman–Crippen MR) is 85.8 cm³/mol. The van der Waals surface area contributed by atoms with Crippen molar-refractivity contribution in [3.8, 4) is 0 Å². The number of benzene rings is 1. The molecule has 22 heavy (non-hydrogen) atoms. The number of fused-ring (bicyclic) bond motifs is 1. The van der Waals surface area contributed by atoms with E-state index in [4.69, 9.17) is 5.73 Å². The first-order valence-electron chi connectivity index (χ1n) is 7.78. The van der Waals surface area contributed by atoms with Gasteiger partial charge in [0.25, 0.3) is 5.69 Å². The third-order valence-electron chi connectivity index (χ3n) is 4.47. The highest BCUT2D eigenvalue weighted by atomic mass is 16.6. The largest absolute Gasteiger partial charge is 0.352 e. The lowest BCUT2D eigenvalue weighted by Crippen LogP contribution is -2.37. The Labute approximate surface area is 128 Å². The van der Waals surface area contributed by atoms with Gasteiger partial charge in [0.15, 0.2) is 0 Å². The molecule has 0 amide bonds. The van der Waals surface area contributed by atoms with E-state index >= 15 is 0 Å². The lowest BCUT2D eigenvalue weighted by molar-refractivity contribution is -0.384. The van der Waals surface area contributed by atoms with E-state index in [0.717, 1.165) is 0 Å². The zero-order valence-electron chi connectivity index (χ0n) is 12.4. The maximum Gasteiger partial charge on any atom is 0.271 e. The first-order chi connectivity index (χ1) is 10.7. The van der Waals surface area contributed by atoms with Gasteiger partial charge in [-0.25, -0.2) is 4.98 Å². The van der Waals surface area contributed by atoms with E-state index in [1.165, 1.54) is 44.2 Å². The summed E-state index contributed by atoms with van der Waals surface area (Å²) in [5, 5.41) is 14.2. The number of imidazole rings is 1. The fraction of sp³-hybridized carbons (Fsp3) is 0.533. The molecule has 1 fully saturated rings. The third kappa shape index (κ3) is 3.04. The van der Waals surface area contributed by atoms with Crippen molar-refractivity contribution in [2.45, 2.75) is 38.1 Å². The second-order valence-electron chi connectivity index (χ2n) is 5.93. The number of aromatic nitrogens is 2. The molecule has 7 heteroatoms. The molecule has 0 radical (unpaired) electrons. The van der Waals surface area contributed by atoms with Crippen LogP contribution < -0.4 is 11.1 Å². The summed E-state index contributed by atoms with van der Waals surface area (Å²) in [5.74, 6) is 1.21. The number of nitrogens with zero attached hydrogens (tertiary/aromatic N) is 2. The molecular weight excluding hydrogens is 282 g/mol. The number of rotatable bonds is 5. The number of nitro benzene ring substituents is 1. The Morgan fingerprint density at radius 1 is 1.41 bits per heavy atom. The molecule has 1 aliphatic rings. The Bertz CT molecular complexity index is 663. The SMILES string of the molecule is NCC(Nc1nc2ccc([N+](=O)[O-])cc2[nH]1)C1CCCCC1. The minimum atomic E-state index is -0.405. The molecule has 1 aromatic heterocycles. The van der Waals surface area contributed by atoms with E-state index in [9.17, 15) is 10.1 Å². The molecule has 2 aromatic rings. The number of aromatic amines is 1. The van der Waals surface area contributed by atoms with Crippen LogP contribution >= 0.6 is 0 Å². The number of hydrogen-bond acceptors (Lipinski definition) is 5. The van der Waals surface area contributed by atoms with Crippen molar-refractivity contribution in [1.82, 2.24) is 9.97 Å². The summed E-state index contributed by atoms with van der Waals surface area (Å²) >= 11 is 0. The molecule has 118 valence electrons. The molecule has 1 aliphatic carbocycles. The van der Waals surface area contributed by atoms with Crippen molar-refractivity contribution < 1.29 is 4.92 Å². The summed E-state index contributed by atoms with van der Waals surface area (Å²) in [6.45, 7) is 0.557. The molecule has 7 nitrogen and oxygen atoms in total. The summed E-state index contributed by atoms with van der Waals surface area (Å²) in [6.07, 6.45) is 6.22. The van der Waals surface area contributed by atoms with Gasteiger partial charge in [-0.05, 0) is 24.8 Å². The summed E-state index contributed by atoms with van der Waals surface area (Å²) in [6, 6.07) is 4.82. The van der Waals surface area contributed by atoms with E-state index in [2.05, 4.69) is 15.3 Å². The molecule has 3 rings (SSSR count). The van der Waals surface area contributed by atoms with Gasteiger partial charge in [0.1, 0.15) is 0 Å². The maximum atomic E-state index is 10.8. The average Bonchev–Trinajstić information content (AvgIpc) is 2.94. The van der Waals surface area contributed by atoms with Crippen molar-refractivity contribution in [3.05, 3.63) is 28.3 Å². The first kappa shape index (κ1) is 14.8. The van der Waals surface area contributed by atoms with Gasteiger partial charge in [0.2, 0.25) is 5.95 Å². The molecule has 1 saturated carbocycles. The van der Waals surface area contributed by atoms with Crippen LogP contribution in [0.25, 0.3) is 11.0 Å². The number of nitrogens with two attached hydrogens (primary N) is 1. The Morgan fingerprint density at radius 3 is 2.86 bits per heavy atom. The molecule has 1 atom stereocenters. The van der Waals surface area contributed by atoms with Crippen LogP contribution in [0.4, 0.5) is 11.6 Å². The average molecular weight is 303 g/mol. The van der Waals surface area contributed by atoms with Crippen LogP contribution in [0.15, 0.2) is 18.2 Å². The van der Waals surface area contributed by atoms with Crippen molar-refractivity contribution in [1.29, 1.82) is 0 Å². The number of nitro groups is 1. The minimum absolute atomic E-state index is 0.0605. The van der Waals surface area contributed by atoms with Crippen LogP contribution in [0.1, 0.15) is 32.1 Å². The molecule has 1 heterocycles. The van der Waals surface area contributed by atoms with Gasteiger partial charge >= 0.3 is 0 Å². The second kappa shape index (κ2) is 6.31. The minimum Gasteiger partial charge on any atom is -0.352 e. The molecule has 1 aromatic carbocycles. The van der Waals surface area contributed by atoms with Crippen molar-refractivity contribution in [3.63, 3.8) is 0 Å². The van der Waals surface area contributed by atoms with Gasteiger partial charge in [-0.1, -0.05) is 19.3 Å². The van der Waals surface area contributed by atoms with E-state index in [1.807, 2.05) is 0 Å². The third-order valence-corrected chi connectivity index (χ3v) is 4.47. The highest BCUT2D eigenvalue weighted by Gasteiger charge is 2.23. The predicted octanol–water partition coefficient (Wildman–Crippen LogP) is 2.79. The molecule has 0 aliphatic heterocycles. The van der Waals surface area contributed by atoms with Crippen LogP contribution in [0, 0.1) is 16.0 Å². The number of hydrogen-bond donors (Lipinski definition) is 3. The standard InChI is InChI=1S/C15H21N5O2/c16-9-14(10-4-2-1-3-5-10)19-15-17-12-7-6-11(20(21)22)8-13(12)18-15/h6-8,10,14H,1-5,9,16H2,(H2,17,18,19). The van der Waals surface area contributed by atoms with E-state index in [0.29, 0.717) is 29.4 Å². The van der Waals surface area contributed by atoms with Crippen molar-refractivity contribution in [2.75, 3.05) is 11.9 Å².